The Bertz CT molecular complexity index is 1050. The summed E-state index contributed by atoms with van der Waals surface area (Å²) in [4.78, 5) is 24.8. The maximum Gasteiger partial charge on any atom is 0.376 e. The first-order valence-electron chi connectivity index (χ1n) is 27.2. The lowest BCUT2D eigenvalue weighted by Crippen LogP contribution is -2.47. The molecule has 0 heterocycles. The van der Waals surface area contributed by atoms with Gasteiger partial charge in [0.1, 0.15) is 0 Å². The van der Waals surface area contributed by atoms with Gasteiger partial charge >= 0.3 is 42.3 Å². The van der Waals surface area contributed by atoms with Gasteiger partial charge in [-0.1, -0.05) is 96.8 Å². The molecule has 0 rings (SSSR count). The van der Waals surface area contributed by atoms with Crippen LogP contribution in [-0.2, 0) is 4.79 Å². The summed E-state index contributed by atoms with van der Waals surface area (Å²) in [6.07, 6.45) is 26.5. The van der Waals surface area contributed by atoms with Crippen LogP contribution in [0.3, 0.4) is 0 Å². The second-order valence-electron chi connectivity index (χ2n) is 20.0. The molecule has 20 heteroatoms. The van der Waals surface area contributed by atoms with E-state index in [9.17, 15) is 34.9 Å². The third-order valence-corrected chi connectivity index (χ3v) is 13.7. The molecule has 0 radical (unpaired) electrons. The van der Waals surface area contributed by atoms with Gasteiger partial charge in [-0.2, -0.15) is 0 Å². The van der Waals surface area contributed by atoms with Crippen LogP contribution in [0.4, 0.5) is 0 Å². The topological polar surface area (TPSA) is 170 Å². The van der Waals surface area contributed by atoms with Gasteiger partial charge in [0.25, 0.3) is 0 Å². The number of unbranched alkanes of at least 4 members (excludes halogenated alkanes) is 16. The van der Waals surface area contributed by atoms with Gasteiger partial charge in [0.05, 0.1) is 0 Å². The van der Waals surface area contributed by atoms with Crippen LogP contribution < -0.4 is 5.32 Å². The van der Waals surface area contributed by atoms with Crippen LogP contribution in [0.1, 0.15) is 161 Å². The van der Waals surface area contributed by atoms with Gasteiger partial charge in [-0.25, -0.2) is 0 Å². The van der Waals surface area contributed by atoms with E-state index >= 15 is 0 Å². The van der Waals surface area contributed by atoms with Crippen LogP contribution >= 0.6 is 0 Å². The lowest BCUT2D eigenvalue weighted by atomic mass is 9.80. The van der Waals surface area contributed by atoms with Crippen molar-refractivity contribution >= 4 is 48.2 Å². The third kappa shape index (κ3) is 37.2. The van der Waals surface area contributed by atoms with E-state index in [1.165, 1.54) is 64.2 Å². The maximum absolute atomic E-state index is 12.5. The number of amides is 1. The highest BCUT2D eigenvalue weighted by molar-refractivity contribution is 6.46. The molecule has 0 atom stereocenters. The average molecular weight is 933 g/mol. The highest BCUT2D eigenvalue weighted by Gasteiger charge is 2.26. The molecular weight excluding hydrogens is 827 g/mol. The predicted octanol–water partition coefficient (Wildman–Crippen LogP) is 5.83. The fourth-order valence-corrected chi connectivity index (χ4v) is 8.77. The summed E-state index contributed by atoms with van der Waals surface area (Å²) in [5, 5.41) is 65.6. The lowest BCUT2D eigenvalue weighted by Gasteiger charge is -2.33. The molecule has 0 aromatic heterocycles. The molecule has 0 saturated heterocycles. The molecule has 0 aliphatic heterocycles. The Balaban J connectivity index is 5.15. The van der Waals surface area contributed by atoms with E-state index in [0.717, 1.165) is 155 Å². The van der Waals surface area contributed by atoms with Crippen LogP contribution in [0, 0.1) is 5.92 Å². The highest BCUT2D eigenvalue weighted by Crippen LogP contribution is 2.18. The van der Waals surface area contributed by atoms with Gasteiger partial charge in [-0.15, -0.1) is 0 Å². The summed E-state index contributed by atoms with van der Waals surface area (Å²) >= 11 is 0. The van der Waals surface area contributed by atoms with E-state index in [0.29, 0.717) is 6.42 Å². The molecule has 0 aliphatic rings. The Morgan fingerprint density at radius 3 is 1.12 bits per heavy atom. The number of rotatable bonds is 48. The number of hydrogen-bond acceptors (Lipinski definition) is 13. The predicted molar refractivity (Wildman–Crippen MR) is 288 cm³/mol. The zero-order valence-corrected chi connectivity index (χ0v) is 44.6. The molecule has 0 bridgehead atoms. The summed E-state index contributed by atoms with van der Waals surface area (Å²) in [7, 11) is 0.479. The highest BCUT2D eigenvalue weighted by atomic mass is 16.2. The minimum absolute atomic E-state index is 0.178. The summed E-state index contributed by atoms with van der Waals surface area (Å²) in [5.41, 5.74) is 0. The van der Waals surface area contributed by atoms with Crippen molar-refractivity contribution in [3.05, 3.63) is 0 Å². The van der Waals surface area contributed by atoms with Crippen molar-refractivity contribution in [1.82, 2.24) is 34.2 Å². The normalized spacial score (nSPS) is 12.0. The number of nitrogens with one attached hydrogen (secondary N) is 1. The van der Waals surface area contributed by atoms with Crippen molar-refractivity contribution in [2.75, 3.05) is 86.1 Å². The van der Waals surface area contributed by atoms with Crippen LogP contribution in [0.5, 0.6) is 0 Å². The summed E-state index contributed by atoms with van der Waals surface area (Å²) in [5.74, 6) is 0.418. The van der Waals surface area contributed by atoms with Crippen LogP contribution in [0.25, 0.3) is 0 Å². The van der Waals surface area contributed by atoms with E-state index in [4.69, 9.17) is 0 Å². The molecule has 0 unspecified atom stereocenters. The molecular formula is C46H105B6N7O7. The van der Waals surface area contributed by atoms with Gasteiger partial charge in [0, 0.05) is 13.0 Å². The number of nitrogens with zero attached hydrogens (tertiary/aromatic N) is 6. The second-order valence-corrected chi connectivity index (χ2v) is 20.0. The first-order valence-corrected chi connectivity index (χ1v) is 27.2. The van der Waals surface area contributed by atoms with Crippen LogP contribution in [-0.4, -0.2) is 193 Å². The minimum Gasteiger partial charge on any atom is -0.437 e. The van der Waals surface area contributed by atoms with E-state index < -0.39 is 42.3 Å². The summed E-state index contributed by atoms with van der Waals surface area (Å²) in [6.45, 7) is 21.2. The Morgan fingerprint density at radius 2 is 0.742 bits per heavy atom. The molecule has 384 valence electrons. The number of carbonyl (C=O) groups excluding carboxylic acids is 1. The number of carbonyl (C=O) groups is 1. The first-order chi connectivity index (χ1) is 31.5. The molecule has 0 spiro atoms. The van der Waals surface area contributed by atoms with Crippen molar-refractivity contribution < 1.29 is 34.9 Å². The molecule has 0 aromatic rings. The summed E-state index contributed by atoms with van der Waals surface area (Å²) in [6, 6.07) is 0. The monoisotopic (exact) mass is 934 g/mol. The molecule has 1 amide bonds. The van der Waals surface area contributed by atoms with E-state index in [1.54, 1.807) is 27.3 Å². The minimum atomic E-state index is -0.610. The Morgan fingerprint density at radius 1 is 0.409 bits per heavy atom. The van der Waals surface area contributed by atoms with Crippen molar-refractivity contribution in [3.8, 4) is 0 Å². The van der Waals surface area contributed by atoms with E-state index in [2.05, 4.69) is 31.5 Å². The Kier molecular flexibility index (Phi) is 42.8. The van der Waals surface area contributed by atoms with Crippen molar-refractivity contribution in [1.29, 1.82) is 0 Å². The van der Waals surface area contributed by atoms with E-state index in [1.807, 2.05) is 37.4 Å². The zero-order chi connectivity index (χ0) is 49.5. The van der Waals surface area contributed by atoms with Gasteiger partial charge < -0.3 is 64.3 Å². The molecule has 14 nitrogen and oxygen atoms in total. The van der Waals surface area contributed by atoms with Gasteiger partial charge in [-0.3, -0.25) is 4.79 Å². The zero-order valence-electron chi connectivity index (χ0n) is 44.6. The standard InChI is InChI=1S/C46H105B6N7O7/c1-10-11-12-13-14-15-16-17-18-19-20-24-33-46(60)53-34-25-22-21-23-32-45(43-58(51(6)65)39-28-26-37-56(49(4)63)41-30-35-54(8)47(2)61)44-59(52(7)66)40-29-27-38-57(50(5)64)42-31-36-55(9)48(3)62/h45,61-66H,10-44H2,1-9H3,(H,53,60). The van der Waals surface area contributed by atoms with Crippen molar-refractivity contribution in [3.63, 3.8) is 0 Å². The van der Waals surface area contributed by atoms with Crippen LogP contribution in [0.2, 0.25) is 40.9 Å². The largest absolute Gasteiger partial charge is 0.437 e. The van der Waals surface area contributed by atoms with Gasteiger partial charge in [0.15, 0.2) is 0 Å². The molecule has 0 aromatic carbocycles. The fraction of sp³-hybridized carbons (Fsp3) is 0.978. The third-order valence-electron chi connectivity index (χ3n) is 13.7. The van der Waals surface area contributed by atoms with Crippen molar-refractivity contribution in [2.45, 2.75) is 202 Å². The molecule has 7 N–H and O–H groups in total. The fourth-order valence-electron chi connectivity index (χ4n) is 8.77. The smallest absolute Gasteiger partial charge is 0.376 e. The molecule has 0 aliphatic carbocycles. The Labute approximate surface area is 409 Å². The molecule has 66 heavy (non-hydrogen) atoms. The first kappa shape index (κ1) is 65.4. The SMILES string of the molecule is CCCCCCCCCCCCCCC(=O)NCCCCCCC(CN(CCCCN(CCCN(C)B(C)O)B(C)O)B(C)O)CN(CCCCN(CCCN(C)B(C)O)B(C)O)B(C)O. The van der Waals surface area contributed by atoms with Crippen molar-refractivity contribution in [2.24, 2.45) is 5.92 Å². The lowest BCUT2D eigenvalue weighted by molar-refractivity contribution is -0.121. The maximum atomic E-state index is 12.5. The second kappa shape index (κ2) is 43.2. The Hall–Kier alpha value is -0.620. The molecule has 0 fully saturated rings. The average Bonchev–Trinajstić information content (AvgIpc) is 3.26. The van der Waals surface area contributed by atoms with E-state index in [-0.39, 0.29) is 11.8 Å². The number of hydrogen-bond donors (Lipinski definition) is 7. The van der Waals surface area contributed by atoms with Crippen LogP contribution in [0.15, 0.2) is 0 Å². The van der Waals surface area contributed by atoms with Gasteiger partial charge in [-0.05, 0) is 184 Å². The summed E-state index contributed by atoms with van der Waals surface area (Å²) < 4.78 is 0. The molecule has 0 saturated carbocycles. The van der Waals surface area contributed by atoms with Gasteiger partial charge in [0.2, 0.25) is 5.91 Å². The quantitative estimate of drug-likeness (QED) is 0.0288.